The van der Waals surface area contributed by atoms with Gasteiger partial charge in [0.05, 0.1) is 19.4 Å². The van der Waals surface area contributed by atoms with Crippen LogP contribution in [0.2, 0.25) is 0 Å². The van der Waals surface area contributed by atoms with Gasteiger partial charge in [0, 0.05) is 0 Å². The van der Waals surface area contributed by atoms with E-state index in [1.807, 2.05) is 0 Å². The summed E-state index contributed by atoms with van der Waals surface area (Å²) in [6, 6.07) is 0. The summed E-state index contributed by atoms with van der Waals surface area (Å²) < 4.78 is 11.2. The molecule has 0 atom stereocenters. The van der Waals surface area contributed by atoms with Gasteiger partial charge in [-0.1, -0.05) is 19.3 Å². The lowest BCUT2D eigenvalue weighted by Gasteiger charge is -2.53. The molecule has 5 fully saturated rings. The summed E-state index contributed by atoms with van der Waals surface area (Å²) in [5.74, 6) is 3.01. The van der Waals surface area contributed by atoms with E-state index in [4.69, 9.17) is 9.47 Å². The minimum atomic E-state index is -0.243. The summed E-state index contributed by atoms with van der Waals surface area (Å²) in [5.41, 5.74) is 0. The van der Waals surface area contributed by atoms with Crippen molar-refractivity contribution in [2.75, 3.05) is 6.61 Å². The number of hydrogen-bond acceptors (Lipinski definition) is 4. The molecule has 140 valence electrons. The van der Waals surface area contributed by atoms with Gasteiger partial charge in [0.15, 0.2) is 0 Å². The molecule has 5 rings (SSSR count). The van der Waals surface area contributed by atoms with E-state index in [0.717, 1.165) is 11.8 Å². The average Bonchev–Trinajstić information content (AvgIpc) is 2.61. The van der Waals surface area contributed by atoms with Crippen molar-refractivity contribution in [3.05, 3.63) is 0 Å². The molecule has 25 heavy (non-hydrogen) atoms. The maximum absolute atomic E-state index is 12.2. The Balaban J connectivity index is 1.16. The molecule has 0 N–H and O–H groups in total. The highest BCUT2D eigenvalue weighted by Crippen LogP contribution is 2.54. The molecule has 0 spiro atoms. The predicted molar refractivity (Wildman–Crippen MR) is 93.7 cm³/mol. The third-order valence-electron chi connectivity index (χ3n) is 7.15. The zero-order valence-electron chi connectivity index (χ0n) is 15.3. The van der Waals surface area contributed by atoms with Crippen molar-refractivity contribution in [3.8, 4) is 0 Å². The first-order valence-corrected chi connectivity index (χ1v) is 10.5. The molecule has 5 aliphatic carbocycles. The number of esters is 2. The van der Waals surface area contributed by atoms with Crippen molar-refractivity contribution < 1.29 is 19.1 Å². The second-order valence-electron chi connectivity index (χ2n) is 9.07. The van der Waals surface area contributed by atoms with Gasteiger partial charge in [0.2, 0.25) is 0 Å². The molecule has 0 aliphatic heterocycles. The average molecular weight is 348 g/mol. The molecule has 0 aromatic rings. The first-order valence-electron chi connectivity index (χ1n) is 10.5. The molecule has 4 heteroatoms. The zero-order chi connectivity index (χ0) is 17.2. The van der Waals surface area contributed by atoms with E-state index in [1.165, 1.54) is 64.2 Å². The summed E-state index contributed by atoms with van der Waals surface area (Å²) in [4.78, 5) is 24.1. The fourth-order valence-corrected chi connectivity index (χ4v) is 6.12. The van der Waals surface area contributed by atoms with Crippen LogP contribution >= 0.6 is 0 Å². The van der Waals surface area contributed by atoms with Gasteiger partial charge in [0.1, 0.15) is 6.10 Å². The van der Waals surface area contributed by atoms with E-state index >= 15 is 0 Å². The molecule has 0 saturated heterocycles. The third kappa shape index (κ3) is 4.20. The van der Waals surface area contributed by atoms with Gasteiger partial charge >= 0.3 is 11.9 Å². The van der Waals surface area contributed by atoms with Crippen molar-refractivity contribution in [2.45, 2.75) is 83.2 Å². The summed E-state index contributed by atoms with van der Waals surface area (Å²) in [5, 5.41) is 0. The number of ether oxygens (including phenoxy) is 2. The molecular formula is C21H32O4. The van der Waals surface area contributed by atoms with E-state index in [9.17, 15) is 9.59 Å². The smallest absolute Gasteiger partial charge is 0.306 e. The van der Waals surface area contributed by atoms with Crippen LogP contribution in [0.15, 0.2) is 0 Å². The van der Waals surface area contributed by atoms with Gasteiger partial charge in [-0.25, -0.2) is 0 Å². The molecule has 0 radical (unpaired) electrons. The molecule has 5 aliphatic rings. The van der Waals surface area contributed by atoms with Crippen molar-refractivity contribution >= 4 is 11.9 Å². The summed E-state index contributed by atoms with van der Waals surface area (Å²) in [6.07, 6.45) is 13.0. The minimum Gasteiger partial charge on any atom is -0.465 e. The highest BCUT2D eigenvalue weighted by molar-refractivity contribution is 5.77. The van der Waals surface area contributed by atoms with Gasteiger partial charge in [0.25, 0.3) is 0 Å². The molecule has 0 unspecified atom stereocenters. The Kier molecular flexibility index (Phi) is 5.33. The van der Waals surface area contributed by atoms with Crippen LogP contribution in [0.25, 0.3) is 0 Å². The number of hydrogen-bond donors (Lipinski definition) is 0. The topological polar surface area (TPSA) is 52.6 Å². The molecular weight excluding hydrogens is 316 g/mol. The second-order valence-corrected chi connectivity index (χ2v) is 9.07. The third-order valence-corrected chi connectivity index (χ3v) is 7.15. The highest BCUT2D eigenvalue weighted by Gasteiger charge is 2.49. The number of rotatable bonds is 6. The first-order chi connectivity index (χ1) is 12.2. The Hall–Kier alpha value is -1.06. The molecule has 4 nitrogen and oxygen atoms in total. The maximum Gasteiger partial charge on any atom is 0.306 e. The Bertz CT molecular complexity index is 466. The Morgan fingerprint density at radius 1 is 0.760 bits per heavy atom. The minimum absolute atomic E-state index is 0.124. The van der Waals surface area contributed by atoms with Crippen LogP contribution in [0.3, 0.4) is 0 Å². The van der Waals surface area contributed by atoms with Crippen molar-refractivity contribution in [1.82, 2.24) is 0 Å². The Morgan fingerprint density at radius 2 is 1.36 bits per heavy atom. The van der Waals surface area contributed by atoms with Crippen molar-refractivity contribution in [1.29, 1.82) is 0 Å². The fraction of sp³-hybridized carbons (Fsp3) is 0.905. The molecule has 4 bridgehead atoms. The van der Waals surface area contributed by atoms with E-state index in [2.05, 4.69) is 0 Å². The van der Waals surface area contributed by atoms with Crippen molar-refractivity contribution in [3.63, 3.8) is 0 Å². The first kappa shape index (κ1) is 17.4. The largest absolute Gasteiger partial charge is 0.465 e. The maximum atomic E-state index is 12.2. The van der Waals surface area contributed by atoms with Gasteiger partial charge in [-0.15, -0.1) is 0 Å². The van der Waals surface area contributed by atoms with Crippen LogP contribution < -0.4 is 0 Å². The Labute approximate surface area is 151 Å². The van der Waals surface area contributed by atoms with Gasteiger partial charge < -0.3 is 9.47 Å². The summed E-state index contributed by atoms with van der Waals surface area (Å²) >= 11 is 0. The van der Waals surface area contributed by atoms with Gasteiger partial charge in [-0.05, 0) is 74.5 Å². The molecule has 5 saturated carbocycles. The zero-order valence-corrected chi connectivity index (χ0v) is 15.3. The lowest BCUT2D eigenvalue weighted by atomic mass is 9.55. The second kappa shape index (κ2) is 7.67. The predicted octanol–water partition coefficient (Wildman–Crippen LogP) is 4.26. The van der Waals surface area contributed by atoms with E-state index in [1.54, 1.807) is 0 Å². The monoisotopic (exact) mass is 348 g/mol. The molecule has 0 amide bonds. The lowest BCUT2D eigenvalue weighted by molar-refractivity contribution is -0.172. The van der Waals surface area contributed by atoms with Crippen molar-refractivity contribution in [2.24, 2.45) is 29.6 Å². The van der Waals surface area contributed by atoms with Crippen LogP contribution in [0.5, 0.6) is 0 Å². The highest BCUT2D eigenvalue weighted by atomic mass is 16.5. The molecule has 0 aromatic carbocycles. The van der Waals surface area contributed by atoms with E-state index in [-0.39, 0.29) is 30.9 Å². The molecule has 0 heterocycles. The van der Waals surface area contributed by atoms with E-state index < -0.39 is 0 Å². The number of carbonyl (C=O) groups is 2. The fourth-order valence-electron chi connectivity index (χ4n) is 6.12. The van der Waals surface area contributed by atoms with Gasteiger partial charge in [-0.2, -0.15) is 0 Å². The lowest BCUT2D eigenvalue weighted by Crippen LogP contribution is -2.50. The normalized spacial score (nSPS) is 37.0. The van der Waals surface area contributed by atoms with Crippen LogP contribution in [0.1, 0.15) is 77.0 Å². The van der Waals surface area contributed by atoms with Gasteiger partial charge in [-0.3, -0.25) is 9.59 Å². The van der Waals surface area contributed by atoms with Crippen LogP contribution in [-0.4, -0.2) is 24.6 Å². The summed E-state index contributed by atoms with van der Waals surface area (Å²) in [6.45, 7) is 0.531. The van der Waals surface area contributed by atoms with Crippen LogP contribution in [0.4, 0.5) is 0 Å². The Morgan fingerprint density at radius 3 is 2.00 bits per heavy atom. The van der Waals surface area contributed by atoms with Crippen LogP contribution in [0, 0.1) is 29.6 Å². The van der Waals surface area contributed by atoms with E-state index in [0.29, 0.717) is 24.4 Å². The van der Waals surface area contributed by atoms with Crippen LogP contribution in [-0.2, 0) is 19.1 Å². The SMILES string of the molecule is O=C(CCC(=O)OC1C2CC3CC(C2)CC1C3)OCC1CCCCC1. The standard InChI is InChI=1S/C21H32O4/c22-19(24-13-14-4-2-1-3-5-14)6-7-20(23)25-21-17-9-15-8-16(11-17)12-18(21)10-15/h14-18,21H,1-13H2. The number of carbonyl (C=O) groups excluding carboxylic acids is 2. The summed E-state index contributed by atoms with van der Waals surface area (Å²) in [7, 11) is 0. The quantitative estimate of drug-likeness (QED) is 0.673. The molecule has 0 aromatic heterocycles.